The van der Waals surface area contributed by atoms with Gasteiger partial charge >= 0.3 is 0 Å². The molecule has 0 spiro atoms. The van der Waals surface area contributed by atoms with E-state index in [0.29, 0.717) is 16.6 Å². The Balaban J connectivity index is 2.52. The van der Waals surface area contributed by atoms with Crippen LogP contribution in [-0.2, 0) is 0 Å². The van der Waals surface area contributed by atoms with E-state index in [9.17, 15) is 8.78 Å². The van der Waals surface area contributed by atoms with E-state index < -0.39 is 13.0 Å². The molecule has 2 rings (SSSR count). The summed E-state index contributed by atoms with van der Waals surface area (Å²) in [6, 6.07) is 9.04. The zero-order valence-electron chi connectivity index (χ0n) is 8.82. The maximum Gasteiger partial charge on any atom is 0.255 e. The predicted octanol–water partition coefficient (Wildman–Crippen LogP) is 2.78. The highest BCUT2D eigenvalue weighted by molar-refractivity contribution is 5.93. The van der Waals surface area contributed by atoms with E-state index in [0.717, 1.165) is 0 Å². The molecule has 0 bridgehead atoms. The van der Waals surface area contributed by atoms with Gasteiger partial charge in [-0.25, -0.2) is 8.78 Å². The van der Waals surface area contributed by atoms with Gasteiger partial charge in [0, 0.05) is 11.6 Å². The number of nitrogens with one attached hydrogen (secondary N) is 1. The van der Waals surface area contributed by atoms with Crippen molar-refractivity contribution >= 4 is 16.6 Å². The number of pyridine rings is 1. The lowest BCUT2D eigenvalue weighted by atomic mass is 10.1. The number of alkyl halides is 2. The molecule has 1 N–H and O–H groups in total. The van der Waals surface area contributed by atoms with Crippen LogP contribution in [0.5, 0.6) is 0 Å². The minimum Gasteiger partial charge on any atom is -0.378 e. The van der Waals surface area contributed by atoms with Gasteiger partial charge < -0.3 is 5.32 Å². The first-order valence-corrected chi connectivity index (χ1v) is 5.02. The molecule has 2 aromatic rings. The SMILES string of the molecule is N#Cc1cnc2ccccc2c1NCC(F)F. The van der Waals surface area contributed by atoms with Crippen molar-refractivity contribution in [2.24, 2.45) is 0 Å². The summed E-state index contributed by atoms with van der Waals surface area (Å²) in [7, 11) is 0. The number of fused-ring (bicyclic) bond motifs is 1. The van der Waals surface area contributed by atoms with Crippen molar-refractivity contribution in [3.63, 3.8) is 0 Å². The standard InChI is InChI=1S/C12H9F2N3/c13-11(14)7-17-12-8(5-15)6-16-10-4-2-1-3-9(10)12/h1-4,6,11H,7H2,(H,16,17). The third-order valence-corrected chi connectivity index (χ3v) is 2.33. The lowest BCUT2D eigenvalue weighted by Crippen LogP contribution is -2.11. The molecule has 0 fully saturated rings. The third kappa shape index (κ3) is 2.31. The van der Waals surface area contributed by atoms with E-state index in [2.05, 4.69) is 10.3 Å². The molecule has 1 heterocycles. The molecule has 0 aliphatic heterocycles. The minimum absolute atomic E-state index is 0.268. The summed E-state index contributed by atoms with van der Waals surface area (Å²) in [6.45, 7) is -0.483. The molecular formula is C12H9F2N3. The van der Waals surface area contributed by atoms with Gasteiger partial charge in [-0.3, -0.25) is 4.98 Å². The highest BCUT2D eigenvalue weighted by Crippen LogP contribution is 2.25. The van der Waals surface area contributed by atoms with Gasteiger partial charge in [-0.2, -0.15) is 5.26 Å². The number of benzene rings is 1. The first kappa shape index (κ1) is 11.3. The molecule has 1 aromatic carbocycles. The fourth-order valence-corrected chi connectivity index (χ4v) is 1.60. The maximum atomic E-state index is 12.2. The second-order valence-corrected chi connectivity index (χ2v) is 3.45. The van der Waals surface area contributed by atoms with Gasteiger partial charge in [-0.05, 0) is 6.07 Å². The predicted molar refractivity (Wildman–Crippen MR) is 61.0 cm³/mol. The molecule has 0 aliphatic rings. The molecule has 0 radical (unpaired) electrons. The molecule has 86 valence electrons. The van der Waals surface area contributed by atoms with Crippen LogP contribution in [-0.4, -0.2) is 18.0 Å². The fourth-order valence-electron chi connectivity index (χ4n) is 1.60. The van der Waals surface area contributed by atoms with Crippen LogP contribution in [0.3, 0.4) is 0 Å². The molecule has 0 amide bonds. The third-order valence-electron chi connectivity index (χ3n) is 2.33. The maximum absolute atomic E-state index is 12.2. The van der Waals surface area contributed by atoms with E-state index in [1.165, 1.54) is 6.20 Å². The number of para-hydroxylation sites is 1. The Hall–Kier alpha value is -2.22. The Labute approximate surface area is 96.7 Å². The van der Waals surface area contributed by atoms with Crippen LogP contribution in [0.15, 0.2) is 30.5 Å². The Morgan fingerprint density at radius 1 is 1.35 bits per heavy atom. The molecule has 0 saturated carbocycles. The van der Waals surface area contributed by atoms with Gasteiger partial charge in [0.05, 0.1) is 23.3 Å². The Morgan fingerprint density at radius 2 is 2.12 bits per heavy atom. The first-order valence-electron chi connectivity index (χ1n) is 5.02. The average Bonchev–Trinajstić information content (AvgIpc) is 2.35. The minimum atomic E-state index is -2.46. The van der Waals surface area contributed by atoms with E-state index >= 15 is 0 Å². The van der Waals surface area contributed by atoms with Gasteiger partial charge in [0.25, 0.3) is 6.43 Å². The number of rotatable bonds is 3. The second kappa shape index (κ2) is 4.74. The van der Waals surface area contributed by atoms with E-state index in [1.807, 2.05) is 6.07 Å². The number of anilines is 1. The summed E-state index contributed by atoms with van der Waals surface area (Å²) in [5.41, 5.74) is 1.35. The number of aromatic nitrogens is 1. The Bertz CT molecular complexity index is 575. The van der Waals surface area contributed by atoms with Crippen LogP contribution >= 0.6 is 0 Å². The first-order chi connectivity index (χ1) is 8.22. The van der Waals surface area contributed by atoms with Crippen molar-refractivity contribution in [1.82, 2.24) is 4.98 Å². The number of nitrogens with zero attached hydrogens (tertiary/aromatic N) is 2. The largest absolute Gasteiger partial charge is 0.378 e. The average molecular weight is 233 g/mol. The smallest absolute Gasteiger partial charge is 0.255 e. The Morgan fingerprint density at radius 3 is 2.82 bits per heavy atom. The summed E-state index contributed by atoms with van der Waals surface area (Å²) in [6.07, 6.45) is -1.08. The van der Waals surface area contributed by atoms with Crippen molar-refractivity contribution in [3.8, 4) is 6.07 Å². The van der Waals surface area contributed by atoms with Crippen LogP contribution in [0.1, 0.15) is 5.56 Å². The van der Waals surface area contributed by atoms with Gasteiger partial charge in [-0.15, -0.1) is 0 Å². The number of nitriles is 1. The zero-order chi connectivity index (χ0) is 12.3. The van der Waals surface area contributed by atoms with Gasteiger partial charge in [0.1, 0.15) is 6.07 Å². The number of hydrogen-bond acceptors (Lipinski definition) is 3. The van der Waals surface area contributed by atoms with E-state index in [4.69, 9.17) is 5.26 Å². The van der Waals surface area contributed by atoms with Gasteiger partial charge in [0.2, 0.25) is 0 Å². The van der Waals surface area contributed by atoms with Crippen LogP contribution in [0, 0.1) is 11.3 Å². The second-order valence-electron chi connectivity index (χ2n) is 3.45. The molecule has 0 aliphatic carbocycles. The quantitative estimate of drug-likeness (QED) is 0.886. The van der Waals surface area contributed by atoms with E-state index in [1.54, 1.807) is 24.3 Å². The van der Waals surface area contributed by atoms with Gasteiger partial charge in [0.15, 0.2) is 0 Å². The topological polar surface area (TPSA) is 48.7 Å². The molecule has 0 atom stereocenters. The van der Waals surface area contributed by atoms with Crippen molar-refractivity contribution in [3.05, 3.63) is 36.0 Å². The normalized spacial score (nSPS) is 10.5. The van der Waals surface area contributed by atoms with Crippen LogP contribution in [0.25, 0.3) is 10.9 Å². The molecule has 17 heavy (non-hydrogen) atoms. The van der Waals surface area contributed by atoms with E-state index in [-0.39, 0.29) is 5.56 Å². The fraction of sp³-hybridized carbons (Fsp3) is 0.167. The highest BCUT2D eigenvalue weighted by Gasteiger charge is 2.10. The monoisotopic (exact) mass is 233 g/mol. The van der Waals surface area contributed by atoms with Crippen molar-refractivity contribution < 1.29 is 8.78 Å². The van der Waals surface area contributed by atoms with Crippen molar-refractivity contribution in [2.45, 2.75) is 6.43 Å². The molecule has 3 nitrogen and oxygen atoms in total. The summed E-state index contributed by atoms with van der Waals surface area (Å²) in [5.74, 6) is 0. The van der Waals surface area contributed by atoms with Crippen LogP contribution < -0.4 is 5.32 Å². The zero-order valence-corrected chi connectivity index (χ0v) is 8.82. The van der Waals surface area contributed by atoms with Gasteiger partial charge in [-0.1, -0.05) is 18.2 Å². The molecule has 0 unspecified atom stereocenters. The van der Waals surface area contributed by atoms with Crippen molar-refractivity contribution in [1.29, 1.82) is 5.26 Å². The summed E-state index contributed by atoms with van der Waals surface area (Å²) in [5, 5.41) is 12.2. The lowest BCUT2D eigenvalue weighted by Gasteiger charge is -2.10. The summed E-state index contributed by atoms with van der Waals surface area (Å²) < 4.78 is 24.4. The molecule has 1 aromatic heterocycles. The number of halogens is 2. The summed E-state index contributed by atoms with van der Waals surface area (Å²) in [4.78, 5) is 4.09. The Kier molecular flexibility index (Phi) is 3.15. The number of hydrogen-bond donors (Lipinski definition) is 1. The molecule has 0 saturated heterocycles. The molecule has 5 heteroatoms. The van der Waals surface area contributed by atoms with Crippen LogP contribution in [0.2, 0.25) is 0 Å². The van der Waals surface area contributed by atoms with Crippen molar-refractivity contribution in [2.75, 3.05) is 11.9 Å². The van der Waals surface area contributed by atoms with Crippen LogP contribution in [0.4, 0.5) is 14.5 Å². The summed E-state index contributed by atoms with van der Waals surface area (Å²) >= 11 is 0. The molecular weight excluding hydrogens is 224 g/mol. The highest BCUT2D eigenvalue weighted by atomic mass is 19.3. The lowest BCUT2D eigenvalue weighted by molar-refractivity contribution is 0.163.